The van der Waals surface area contributed by atoms with Gasteiger partial charge in [-0.3, -0.25) is 9.78 Å². The average molecular weight is 424 g/mol. The number of aromatic nitrogens is 1. The van der Waals surface area contributed by atoms with Crippen molar-refractivity contribution in [3.05, 3.63) is 58.9 Å². The Morgan fingerprint density at radius 2 is 2.11 bits per heavy atom. The van der Waals surface area contributed by atoms with E-state index >= 15 is 0 Å². The fraction of sp³-hybridized carbons (Fsp3) is 0.429. The van der Waals surface area contributed by atoms with E-state index in [4.69, 9.17) is 16.3 Å². The van der Waals surface area contributed by atoms with Gasteiger partial charge < -0.3 is 15.0 Å². The van der Waals surface area contributed by atoms with Crippen LogP contribution in [0.3, 0.4) is 0 Å². The first-order valence-electron chi connectivity index (χ1n) is 9.51. The number of ether oxygens (including phenoxy) is 1. The average Bonchev–Trinajstić information content (AvgIpc) is 2.89. The fourth-order valence-corrected chi connectivity index (χ4v) is 3.38. The normalized spacial score (nSPS) is 14.3. The van der Waals surface area contributed by atoms with E-state index in [1.807, 2.05) is 35.2 Å². The van der Waals surface area contributed by atoms with Crippen LogP contribution in [-0.4, -0.2) is 35.4 Å². The molecule has 0 bridgehead atoms. The van der Waals surface area contributed by atoms with Crippen LogP contribution in [0.1, 0.15) is 36.8 Å². The van der Waals surface area contributed by atoms with Crippen molar-refractivity contribution in [2.45, 2.75) is 38.8 Å². The number of halogens is 2. The minimum absolute atomic E-state index is 0. The Balaban J connectivity index is 0.00000280. The Labute approximate surface area is 177 Å². The first-order chi connectivity index (χ1) is 13.2. The van der Waals surface area contributed by atoms with Gasteiger partial charge in [-0.1, -0.05) is 24.1 Å². The smallest absolute Gasteiger partial charge is 0.222 e. The highest BCUT2D eigenvalue weighted by Gasteiger charge is 2.15. The van der Waals surface area contributed by atoms with Crippen molar-refractivity contribution >= 4 is 29.9 Å². The predicted octanol–water partition coefficient (Wildman–Crippen LogP) is 4.23. The maximum atomic E-state index is 12.1. The van der Waals surface area contributed by atoms with E-state index in [2.05, 4.69) is 10.3 Å². The van der Waals surface area contributed by atoms with E-state index in [9.17, 15) is 4.79 Å². The lowest BCUT2D eigenvalue weighted by Gasteiger charge is -2.21. The van der Waals surface area contributed by atoms with Gasteiger partial charge in [0.15, 0.2) is 0 Å². The highest BCUT2D eigenvalue weighted by atomic mass is 35.5. The molecule has 1 saturated heterocycles. The monoisotopic (exact) mass is 423 g/mol. The summed E-state index contributed by atoms with van der Waals surface area (Å²) >= 11 is 6.16. The second-order valence-electron chi connectivity index (χ2n) is 6.77. The lowest BCUT2D eigenvalue weighted by molar-refractivity contribution is -0.130. The summed E-state index contributed by atoms with van der Waals surface area (Å²) in [4.78, 5) is 18.1. The molecule has 5 nitrogen and oxygen atoms in total. The number of nitrogens with one attached hydrogen (secondary N) is 1. The number of hydrogen-bond acceptors (Lipinski definition) is 4. The third kappa shape index (κ3) is 6.97. The van der Waals surface area contributed by atoms with Gasteiger partial charge in [-0.05, 0) is 37.1 Å². The summed E-state index contributed by atoms with van der Waals surface area (Å²) in [6, 6.07) is 9.53. The maximum absolute atomic E-state index is 12.1. The number of likely N-dealkylation sites (tertiary alicyclic amines) is 1. The molecule has 28 heavy (non-hydrogen) atoms. The topological polar surface area (TPSA) is 54.5 Å². The highest BCUT2D eigenvalue weighted by Crippen LogP contribution is 2.23. The Hall–Kier alpha value is -1.82. The molecule has 1 aromatic carbocycles. The summed E-state index contributed by atoms with van der Waals surface area (Å²) < 4.78 is 5.96. The van der Waals surface area contributed by atoms with Crippen molar-refractivity contribution in [1.82, 2.24) is 15.2 Å². The molecule has 0 saturated carbocycles. The van der Waals surface area contributed by atoms with E-state index in [0.29, 0.717) is 24.6 Å². The van der Waals surface area contributed by atoms with E-state index < -0.39 is 0 Å². The second kappa shape index (κ2) is 11.9. The first kappa shape index (κ1) is 22.5. The van der Waals surface area contributed by atoms with Crippen LogP contribution in [0.25, 0.3) is 0 Å². The van der Waals surface area contributed by atoms with Crippen LogP contribution >= 0.6 is 24.0 Å². The SMILES string of the molecule is Cl.O=C1CCCCCN1CCNCc1cc(Cl)ccc1OCc1cccnc1. The third-order valence-corrected chi connectivity index (χ3v) is 4.92. The molecule has 0 spiro atoms. The molecule has 2 heterocycles. The summed E-state index contributed by atoms with van der Waals surface area (Å²) in [5.74, 6) is 1.08. The first-order valence-corrected chi connectivity index (χ1v) is 9.89. The second-order valence-corrected chi connectivity index (χ2v) is 7.21. The van der Waals surface area contributed by atoms with E-state index in [1.54, 1.807) is 12.4 Å². The Bertz CT molecular complexity index is 744. The fourth-order valence-electron chi connectivity index (χ4n) is 3.18. The van der Waals surface area contributed by atoms with Crippen molar-refractivity contribution in [2.75, 3.05) is 19.6 Å². The molecule has 0 unspecified atom stereocenters. The van der Waals surface area contributed by atoms with E-state index in [-0.39, 0.29) is 18.3 Å². The van der Waals surface area contributed by atoms with Gasteiger partial charge in [0.2, 0.25) is 5.91 Å². The van der Waals surface area contributed by atoms with Crippen molar-refractivity contribution < 1.29 is 9.53 Å². The summed E-state index contributed by atoms with van der Waals surface area (Å²) in [6.45, 7) is 3.47. The molecule has 2 aromatic rings. The lowest BCUT2D eigenvalue weighted by atomic mass is 10.2. The number of nitrogens with zero attached hydrogens (tertiary/aromatic N) is 2. The van der Waals surface area contributed by atoms with Gasteiger partial charge >= 0.3 is 0 Å². The highest BCUT2D eigenvalue weighted by molar-refractivity contribution is 6.30. The van der Waals surface area contributed by atoms with Crippen LogP contribution < -0.4 is 10.1 Å². The number of carbonyl (C=O) groups excluding carboxylic acids is 1. The zero-order valence-electron chi connectivity index (χ0n) is 15.9. The Morgan fingerprint density at radius 1 is 1.21 bits per heavy atom. The molecule has 1 aliphatic rings. The summed E-state index contributed by atoms with van der Waals surface area (Å²) in [7, 11) is 0. The van der Waals surface area contributed by atoms with Gasteiger partial charge in [0.1, 0.15) is 12.4 Å². The number of hydrogen-bond donors (Lipinski definition) is 1. The molecule has 1 aliphatic heterocycles. The molecular weight excluding hydrogens is 397 g/mol. The Morgan fingerprint density at radius 3 is 2.93 bits per heavy atom. The van der Waals surface area contributed by atoms with Crippen molar-refractivity contribution in [3.8, 4) is 5.75 Å². The van der Waals surface area contributed by atoms with Gasteiger partial charge in [-0.2, -0.15) is 0 Å². The van der Waals surface area contributed by atoms with Crippen LogP contribution in [0.15, 0.2) is 42.7 Å². The third-order valence-electron chi connectivity index (χ3n) is 4.68. The largest absolute Gasteiger partial charge is 0.489 e. The van der Waals surface area contributed by atoms with Crippen LogP contribution in [-0.2, 0) is 17.9 Å². The quantitative estimate of drug-likeness (QED) is 0.645. The van der Waals surface area contributed by atoms with Gasteiger partial charge in [0.25, 0.3) is 0 Å². The molecular formula is C21H27Cl2N3O2. The minimum atomic E-state index is 0. The molecule has 0 atom stereocenters. The zero-order valence-corrected chi connectivity index (χ0v) is 17.5. The van der Waals surface area contributed by atoms with Crippen LogP contribution in [0.5, 0.6) is 5.75 Å². The molecule has 1 amide bonds. The van der Waals surface area contributed by atoms with Gasteiger partial charge in [-0.15, -0.1) is 12.4 Å². The molecule has 3 rings (SSSR count). The molecule has 1 N–H and O–H groups in total. The number of carbonyl (C=O) groups is 1. The van der Waals surface area contributed by atoms with Gasteiger partial charge in [0.05, 0.1) is 0 Å². The number of amides is 1. The molecule has 7 heteroatoms. The summed E-state index contributed by atoms with van der Waals surface area (Å²) in [6.07, 6.45) is 7.49. The van der Waals surface area contributed by atoms with Gasteiger partial charge in [0, 0.05) is 61.1 Å². The van der Waals surface area contributed by atoms with Crippen LogP contribution in [0.4, 0.5) is 0 Å². The Kier molecular flexibility index (Phi) is 9.55. The number of pyridine rings is 1. The minimum Gasteiger partial charge on any atom is -0.489 e. The number of rotatable bonds is 8. The van der Waals surface area contributed by atoms with E-state index in [0.717, 1.165) is 55.8 Å². The molecule has 1 fully saturated rings. The van der Waals surface area contributed by atoms with Crippen LogP contribution in [0.2, 0.25) is 5.02 Å². The molecule has 152 valence electrons. The zero-order chi connectivity index (χ0) is 18.9. The molecule has 0 aliphatic carbocycles. The van der Waals surface area contributed by atoms with Crippen LogP contribution in [0, 0.1) is 0 Å². The van der Waals surface area contributed by atoms with Crippen molar-refractivity contribution in [1.29, 1.82) is 0 Å². The maximum Gasteiger partial charge on any atom is 0.222 e. The van der Waals surface area contributed by atoms with Crippen molar-refractivity contribution in [3.63, 3.8) is 0 Å². The standard InChI is InChI=1S/C21H26ClN3O2.ClH/c22-19-7-8-20(27-16-17-5-4-9-23-14-17)18(13-19)15-24-10-12-25-11-3-1-2-6-21(25)26;/h4-5,7-9,13-14,24H,1-3,6,10-12,15-16H2;1H. The summed E-state index contributed by atoms with van der Waals surface area (Å²) in [5.41, 5.74) is 2.03. The molecule has 0 radical (unpaired) electrons. The van der Waals surface area contributed by atoms with Gasteiger partial charge in [-0.25, -0.2) is 0 Å². The summed E-state index contributed by atoms with van der Waals surface area (Å²) in [5, 5.41) is 4.09. The lowest BCUT2D eigenvalue weighted by Crippen LogP contribution is -2.36. The molecule has 1 aromatic heterocycles. The van der Waals surface area contributed by atoms with Crippen molar-refractivity contribution in [2.24, 2.45) is 0 Å². The van der Waals surface area contributed by atoms with E-state index in [1.165, 1.54) is 0 Å². The predicted molar refractivity (Wildman–Crippen MR) is 114 cm³/mol. The number of benzene rings is 1.